The smallest absolute Gasteiger partial charge is 0.307 e. The van der Waals surface area contributed by atoms with Gasteiger partial charge in [-0.2, -0.15) is 5.10 Å². The van der Waals surface area contributed by atoms with Gasteiger partial charge in [0.15, 0.2) is 5.76 Å². The number of nitrogens with zero attached hydrogens (tertiary/aromatic N) is 1. The van der Waals surface area contributed by atoms with Gasteiger partial charge in [0.25, 0.3) is 0 Å². The Morgan fingerprint density at radius 1 is 1.06 bits per heavy atom. The van der Waals surface area contributed by atoms with E-state index in [-0.39, 0.29) is 5.76 Å². The molecule has 1 aromatic heterocycles. The van der Waals surface area contributed by atoms with Crippen LogP contribution in [0.3, 0.4) is 0 Å². The lowest BCUT2D eigenvalue weighted by Gasteiger charge is -2.09. The third kappa shape index (κ3) is 5.75. The maximum absolute atomic E-state index is 12.3. The van der Waals surface area contributed by atoms with Gasteiger partial charge in [-0.25, -0.2) is 5.43 Å². The summed E-state index contributed by atoms with van der Waals surface area (Å²) in [6.07, 6.45) is 1.56. The molecule has 1 N–H and O–H groups in total. The number of benzene rings is 3. The number of rotatable bonds is 6. The topological polar surface area (TPSA) is 63.8 Å². The number of nitrogens with one attached hydrogen (secondary N) is 1. The van der Waals surface area contributed by atoms with Gasteiger partial charge in [0.05, 0.1) is 10.7 Å². The number of fused-ring (bicyclic) bond motifs is 1. The van der Waals surface area contributed by atoms with Crippen LogP contribution in [0.1, 0.15) is 21.7 Å². The zero-order valence-corrected chi connectivity index (χ0v) is 21.3. The van der Waals surface area contributed by atoms with Crippen LogP contribution in [0.25, 0.3) is 11.0 Å². The van der Waals surface area contributed by atoms with Gasteiger partial charge >= 0.3 is 5.91 Å². The van der Waals surface area contributed by atoms with Crippen molar-refractivity contribution in [2.45, 2.75) is 6.61 Å². The van der Waals surface area contributed by atoms with Crippen molar-refractivity contribution < 1.29 is 13.9 Å². The standard InChI is InChI=1S/C23H15Br2IN2O3/c24-17-4-8-20-16(10-17)11-22(31-20)23(29)28-27-12-15-3-7-21(19(25)9-15)30-13-14-1-5-18(26)6-2-14/h1-12H,13H2,(H,28,29)/b27-12+. The molecule has 0 radical (unpaired) electrons. The second kappa shape index (κ2) is 9.97. The molecule has 5 nitrogen and oxygen atoms in total. The molecule has 4 aromatic rings. The van der Waals surface area contributed by atoms with Gasteiger partial charge in [-0.15, -0.1) is 0 Å². The van der Waals surface area contributed by atoms with Crippen molar-refractivity contribution in [1.82, 2.24) is 5.43 Å². The quantitative estimate of drug-likeness (QED) is 0.140. The average Bonchev–Trinajstić information content (AvgIpc) is 3.17. The number of furan rings is 1. The zero-order valence-electron chi connectivity index (χ0n) is 15.9. The first-order valence-corrected chi connectivity index (χ1v) is 11.8. The lowest BCUT2D eigenvalue weighted by molar-refractivity contribution is 0.0929. The molecular weight excluding hydrogens is 639 g/mol. The van der Waals surface area contributed by atoms with Gasteiger partial charge in [-0.3, -0.25) is 4.79 Å². The van der Waals surface area contributed by atoms with Gasteiger partial charge in [0.1, 0.15) is 17.9 Å². The Morgan fingerprint density at radius 2 is 1.87 bits per heavy atom. The van der Waals surface area contributed by atoms with Crippen LogP contribution in [0.4, 0.5) is 0 Å². The molecule has 0 saturated carbocycles. The summed E-state index contributed by atoms with van der Waals surface area (Å²) < 4.78 is 14.3. The summed E-state index contributed by atoms with van der Waals surface area (Å²) in [5, 5.41) is 4.86. The minimum Gasteiger partial charge on any atom is -0.488 e. The molecule has 156 valence electrons. The van der Waals surface area contributed by atoms with Crippen molar-refractivity contribution in [3.8, 4) is 5.75 Å². The van der Waals surface area contributed by atoms with Crippen molar-refractivity contribution in [3.05, 3.63) is 96.1 Å². The van der Waals surface area contributed by atoms with Crippen molar-refractivity contribution >= 4 is 77.5 Å². The average molecular weight is 654 g/mol. The Hall–Kier alpha value is -2.17. The number of hydrogen-bond donors (Lipinski definition) is 1. The predicted octanol–water partition coefficient (Wildman–Crippen LogP) is 6.91. The van der Waals surface area contributed by atoms with Gasteiger partial charge in [-0.1, -0.05) is 28.1 Å². The van der Waals surface area contributed by atoms with E-state index in [4.69, 9.17) is 9.15 Å². The predicted molar refractivity (Wildman–Crippen MR) is 137 cm³/mol. The third-order valence-corrected chi connectivity index (χ3v) is 6.18. The van der Waals surface area contributed by atoms with Gasteiger partial charge < -0.3 is 9.15 Å². The van der Waals surface area contributed by atoms with E-state index in [9.17, 15) is 4.79 Å². The number of halogens is 3. The van der Waals surface area contributed by atoms with Crippen LogP contribution in [0.15, 0.2) is 85.2 Å². The van der Waals surface area contributed by atoms with Crippen LogP contribution in [-0.4, -0.2) is 12.1 Å². The second-order valence-electron chi connectivity index (χ2n) is 6.60. The largest absolute Gasteiger partial charge is 0.488 e. The highest BCUT2D eigenvalue weighted by Crippen LogP contribution is 2.27. The molecule has 8 heteroatoms. The number of amides is 1. The SMILES string of the molecule is O=C(N/N=C/c1ccc(OCc2ccc(I)cc2)c(Br)c1)c1cc2cc(Br)ccc2o1. The Labute approximate surface area is 209 Å². The lowest BCUT2D eigenvalue weighted by atomic mass is 10.2. The minimum absolute atomic E-state index is 0.200. The van der Waals surface area contributed by atoms with Crippen LogP contribution in [0.5, 0.6) is 5.75 Å². The minimum atomic E-state index is -0.417. The number of hydrogen-bond acceptors (Lipinski definition) is 4. The highest BCUT2D eigenvalue weighted by Gasteiger charge is 2.11. The second-order valence-corrected chi connectivity index (χ2v) is 9.61. The normalized spacial score (nSPS) is 11.2. The molecule has 0 spiro atoms. The first kappa shape index (κ1) is 22.0. The van der Waals surface area contributed by atoms with Gasteiger partial charge in [-0.05, 0) is 104 Å². The molecule has 0 aliphatic heterocycles. The van der Waals surface area contributed by atoms with E-state index in [0.29, 0.717) is 12.2 Å². The van der Waals surface area contributed by atoms with Crippen molar-refractivity contribution in [2.24, 2.45) is 5.10 Å². The monoisotopic (exact) mass is 652 g/mol. The van der Waals surface area contributed by atoms with E-state index < -0.39 is 5.91 Å². The van der Waals surface area contributed by atoms with Crippen molar-refractivity contribution in [1.29, 1.82) is 0 Å². The molecule has 0 unspecified atom stereocenters. The summed E-state index contributed by atoms with van der Waals surface area (Å²) in [5.41, 5.74) is 5.03. The van der Waals surface area contributed by atoms with Crippen LogP contribution in [0.2, 0.25) is 0 Å². The van der Waals surface area contributed by atoms with Crippen LogP contribution in [-0.2, 0) is 6.61 Å². The zero-order chi connectivity index (χ0) is 21.8. The maximum atomic E-state index is 12.3. The van der Waals surface area contributed by atoms with E-state index in [1.807, 2.05) is 54.6 Å². The van der Waals surface area contributed by atoms with Crippen molar-refractivity contribution in [3.63, 3.8) is 0 Å². The molecule has 0 fully saturated rings. The number of hydrazone groups is 1. The summed E-state index contributed by atoms with van der Waals surface area (Å²) in [6, 6.07) is 21.0. The van der Waals surface area contributed by atoms with E-state index >= 15 is 0 Å². The molecule has 3 aromatic carbocycles. The van der Waals surface area contributed by atoms with E-state index in [1.54, 1.807) is 18.3 Å². The molecule has 1 amide bonds. The van der Waals surface area contributed by atoms with Crippen LogP contribution >= 0.6 is 54.5 Å². The summed E-state index contributed by atoms with van der Waals surface area (Å²) in [7, 11) is 0. The fourth-order valence-corrected chi connectivity index (χ4v) is 4.05. The third-order valence-electron chi connectivity index (χ3n) is 4.35. The number of carbonyl (C=O) groups is 1. The maximum Gasteiger partial charge on any atom is 0.307 e. The van der Waals surface area contributed by atoms with Crippen molar-refractivity contribution in [2.75, 3.05) is 0 Å². The Morgan fingerprint density at radius 3 is 2.65 bits per heavy atom. The number of ether oxygens (including phenoxy) is 1. The summed E-state index contributed by atoms with van der Waals surface area (Å²) in [4.78, 5) is 12.3. The Balaban J connectivity index is 1.36. The fraction of sp³-hybridized carbons (Fsp3) is 0.0435. The van der Waals surface area contributed by atoms with Crippen LogP contribution in [0, 0.1) is 3.57 Å². The number of carbonyl (C=O) groups excluding carboxylic acids is 1. The van der Waals surface area contributed by atoms with E-state index in [0.717, 1.165) is 31.2 Å². The highest BCUT2D eigenvalue weighted by atomic mass is 127. The molecule has 31 heavy (non-hydrogen) atoms. The molecule has 1 heterocycles. The summed E-state index contributed by atoms with van der Waals surface area (Å²) >= 11 is 9.20. The summed E-state index contributed by atoms with van der Waals surface area (Å²) in [5.74, 6) is 0.513. The first-order valence-electron chi connectivity index (χ1n) is 9.17. The molecule has 0 saturated heterocycles. The first-order chi connectivity index (χ1) is 15.0. The Kier molecular flexibility index (Phi) is 7.09. The molecular formula is C23H15Br2IN2O3. The molecule has 0 atom stereocenters. The molecule has 4 rings (SSSR count). The molecule has 0 aliphatic carbocycles. The molecule has 0 bridgehead atoms. The fourth-order valence-electron chi connectivity index (χ4n) is 2.80. The molecule has 0 aliphatic rings. The van der Waals surface area contributed by atoms with Gasteiger partial charge in [0, 0.05) is 13.4 Å². The lowest BCUT2D eigenvalue weighted by Crippen LogP contribution is -2.16. The van der Waals surface area contributed by atoms with E-state index in [2.05, 4.69) is 65.0 Å². The van der Waals surface area contributed by atoms with Crippen LogP contribution < -0.4 is 10.2 Å². The van der Waals surface area contributed by atoms with Gasteiger partial charge in [0.2, 0.25) is 0 Å². The highest BCUT2D eigenvalue weighted by molar-refractivity contribution is 14.1. The van der Waals surface area contributed by atoms with E-state index in [1.165, 1.54) is 3.57 Å². The Bertz CT molecular complexity index is 1270. The summed E-state index contributed by atoms with van der Waals surface area (Å²) in [6.45, 7) is 0.479.